The van der Waals surface area contributed by atoms with Crippen LogP contribution >= 0.6 is 11.3 Å². The number of nitrogens with one attached hydrogen (secondary N) is 1. The lowest BCUT2D eigenvalue weighted by Crippen LogP contribution is -2.42. The molecule has 5 nitrogen and oxygen atoms in total. The summed E-state index contributed by atoms with van der Waals surface area (Å²) >= 11 is 1.60. The third-order valence-corrected chi connectivity index (χ3v) is 3.77. The first-order valence-corrected chi connectivity index (χ1v) is 7.19. The van der Waals surface area contributed by atoms with Gasteiger partial charge in [-0.1, -0.05) is 19.9 Å². The number of hydrogen-bond donors (Lipinski definition) is 1. The van der Waals surface area contributed by atoms with Crippen molar-refractivity contribution < 1.29 is 4.79 Å². The second-order valence-electron chi connectivity index (χ2n) is 4.76. The van der Waals surface area contributed by atoms with E-state index in [9.17, 15) is 4.79 Å². The molecule has 102 valence electrons. The highest BCUT2D eigenvalue weighted by molar-refractivity contribution is 7.10. The number of nitrogens with zero attached hydrogens (tertiary/aromatic N) is 3. The van der Waals surface area contributed by atoms with Gasteiger partial charge in [0.05, 0.1) is 31.4 Å². The molecular formula is C13H18N4OS. The molecule has 2 aromatic rings. The Balaban J connectivity index is 1.91. The van der Waals surface area contributed by atoms with Crippen molar-refractivity contribution in [2.45, 2.75) is 32.9 Å². The molecule has 1 atom stereocenters. The Morgan fingerprint density at radius 2 is 2.16 bits per heavy atom. The molecule has 0 unspecified atom stereocenters. The number of carbonyl (C=O) groups is 1. The van der Waals surface area contributed by atoms with Crippen LogP contribution in [0.3, 0.4) is 0 Å². The Bertz CT molecular complexity index is 493. The summed E-state index contributed by atoms with van der Waals surface area (Å²) in [6, 6.07) is 3.98. The molecule has 0 aliphatic carbocycles. The molecule has 2 rings (SSSR count). The minimum atomic E-state index is 0.0415. The van der Waals surface area contributed by atoms with E-state index < -0.39 is 0 Å². The Morgan fingerprint density at radius 3 is 2.74 bits per heavy atom. The van der Waals surface area contributed by atoms with Gasteiger partial charge in [0.2, 0.25) is 5.91 Å². The zero-order valence-electron chi connectivity index (χ0n) is 11.1. The van der Waals surface area contributed by atoms with Crippen molar-refractivity contribution in [3.05, 3.63) is 34.8 Å². The van der Waals surface area contributed by atoms with E-state index in [-0.39, 0.29) is 11.9 Å². The minimum Gasteiger partial charge on any atom is -0.351 e. The first-order chi connectivity index (χ1) is 9.15. The topological polar surface area (TPSA) is 59.8 Å². The minimum absolute atomic E-state index is 0.0415. The predicted molar refractivity (Wildman–Crippen MR) is 74.8 cm³/mol. The molecule has 19 heavy (non-hydrogen) atoms. The first kappa shape index (κ1) is 13.7. The lowest BCUT2D eigenvalue weighted by Gasteiger charge is -2.21. The second kappa shape index (κ2) is 6.47. The first-order valence-electron chi connectivity index (χ1n) is 6.31. The van der Waals surface area contributed by atoms with Crippen LogP contribution in [0, 0.1) is 5.92 Å². The summed E-state index contributed by atoms with van der Waals surface area (Å²) in [5.74, 6) is 0.381. The van der Waals surface area contributed by atoms with E-state index in [4.69, 9.17) is 0 Å². The van der Waals surface area contributed by atoms with Crippen molar-refractivity contribution in [3.63, 3.8) is 0 Å². The average molecular weight is 278 g/mol. The van der Waals surface area contributed by atoms with Crippen LogP contribution in [-0.4, -0.2) is 26.9 Å². The van der Waals surface area contributed by atoms with Crippen LogP contribution in [0.5, 0.6) is 0 Å². The van der Waals surface area contributed by atoms with E-state index in [2.05, 4.69) is 29.4 Å². The number of thiophene rings is 1. The number of amides is 1. The Labute approximate surface area is 116 Å². The maximum Gasteiger partial charge on any atom is 0.225 e. The summed E-state index contributed by atoms with van der Waals surface area (Å²) in [7, 11) is 0. The van der Waals surface area contributed by atoms with Gasteiger partial charge in [-0.3, -0.25) is 4.79 Å². The lowest BCUT2D eigenvalue weighted by molar-refractivity contribution is -0.121. The fourth-order valence-electron chi connectivity index (χ4n) is 1.77. The maximum atomic E-state index is 12.0. The van der Waals surface area contributed by atoms with Gasteiger partial charge < -0.3 is 5.32 Å². The summed E-state index contributed by atoms with van der Waals surface area (Å²) in [5, 5.41) is 13.2. The molecule has 2 heterocycles. The van der Waals surface area contributed by atoms with Crippen molar-refractivity contribution in [1.82, 2.24) is 20.3 Å². The Hall–Kier alpha value is -1.69. The molecule has 0 fully saturated rings. The van der Waals surface area contributed by atoms with Gasteiger partial charge in [0.25, 0.3) is 0 Å². The van der Waals surface area contributed by atoms with E-state index in [1.54, 1.807) is 28.5 Å². The van der Waals surface area contributed by atoms with E-state index in [0.29, 0.717) is 18.9 Å². The van der Waals surface area contributed by atoms with Crippen molar-refractivity contribution in [2.24, 2.45) is 5.92 Å². The van der Waals surface area contributed by atoms with Gasteiger partial charge >= 0.3 is 0 Å². The van der Waals surface area contributed by atoms with Crippen LogP contribution in [-0.2, 0) is 17.8 Å². The van der Waals surface area contributed by atoms with E-state index in [0.717, 1.165) is 4.88 Å². The van der Waals surface area contributed by atoms with Crippen LogP contribution in [0.25, 0.3) is 0 Å². The van der Waals surface area contributed by atoms with Crippen LogP contribution < -0.4 is 5.32 Å². The van der Waals surface area contributed by atoms with Gasteiger partial charge in [-0.15, -0.1) is 11.3 Å². The van der Waals surface area contributed by atoms with Crippen LogP contribution in [0.4, 0.5) is 0 Å². The van der Waals surface area contributed by atoms with Crippen LogP contribution in [0.15, 0.2) is 29.9 Å². The van der Waals surface area contributed by atoms with Gasteiger partial charge in [0, 0.05) is 4.88 Å². The third kappa shape index (κ3) is 4.17. The molecule has 0 bridgehead atoms. The quantitative estimate of drug-likeness (QED) is 0.875. The van der Waals surface area contributed by atoms with Crippen molar-refractivity contribution in [1.29, 1.82) is 0 Å². The smallest absolute Gasteiger partial charge is 0.225 e. The average Bonchev–Trinajstić information content (AvgIpc) is 3.00. The highest BCUT2D eigenvalue weighted by atomic mass is 32.1. The summed E-state index contributed by atoms with van der Waals surface area (Å²) in [6.45, 7) is 4.76. The summed E-state index contributed by atoms with van der Waals surface area (Å²) in [4.78, 5) is 14.7. The molecule has 6 heteroatoms. The fourth-order valence-corrected chi connectivity index (χ4v) is 2.47. The number of carbonyl (C=O) groups excluding carboxylic acids is 1. The Kier molecular flexibility index (Phi) is 4.68. The highest BCUT2D eigenvalue weighted by Crippen LogP contribution is 2.10. The molecule has 1 amide bonds. The van der Waals surface area contributed by atoms with Crippen molar-refractivity contribution in [2.75, 3.05) is 0 Å². The zero-order valence-corrected chi connectivity index (χ0v) is 11.9. The molecule has 0 aromatic carbocycles. The molecule has 0 aliphatic heterocycles. The standard InChI is InChI=1S/C13H18N4OS/c1-10(2)12(9-17-14-5-6-15-17)16-13(18)8-11-4-3-7-19-11/h3-7,10,12H,8-9H2,1-2H3,(H,16,18)/t12-/m1/s1. The summed E-state index contributed by atoms with van der Waals surface area (Å²) in [6.07, 6.45) is 3.73. The summed E-state index contributed by atoms with van der Waals surface area (Å²) < 4.78 is 0. The molecule has 0 radical (unpaired) electrons. The van der Waals surface area contributed by atoms with E-state index in [1.807, 2.05) is 17.5 Å². The molecule has 0 aliphatic rings. The van der Waals surface area contributed by atoms with Crippen LogP contribution in [0.2, 0.25) is 0 Å². The monoisotopic (exact) mass is 278 g/mol. The van der Waals surface area contributed by atoms with Gasteiger partial charge in [0.15, 0.2) is 0 Å². The molecule has 1 N–H and O–H groups in total. The third-order valence-electron chi connectivity index (χ3n) is 2.89. The van der Waals surface area contributed by atoms with Crippen LogP contribution in [0.1, 0.15) is 18.7 Å². The SMILES string of the molecule is CC(C)[C@@H](Cn1nccn1)NC(=O)Cc1cccs1. The van der Waals surface area contributed by atoms with Crippen molar-refractivity contribution >= 4 is 17.2 Å². The Morgan fingerprint density at radius 1 is 1.42 bits per heavy atom. The normalized spacial score (nSPS) is 12.6. The fraction of sp³-hybridized carbons (Fsp3) is 0.462. The van der Waals surface area contributed by atoms with Gasteiger partial charge in [-0.2, -0.15) is 15.0 Å². The predicted octanol–water partition coefficient (Wildman–Crippen LogP) is 1.72. The second-order valence-corrected chi connectivity index (χ2v) is 5.79. The summed E-state index contributed by atoms with van der Waals surface area (Å²) in [5.41, 5.74) is 0. The van der Waals surface area contributed by atoms with E-state index >= 15 is 0 Å². The van der Waals surface area contributed by atoms with E-state index in [1.165, 1.54) is 0 Å². The van der Waals surface area contributed by atoms with Gasteiger partial charge in [-0.05, 0) is 17.4 Å². The largest absolute Gasteiger partial charge is 0.351 e. The molecular weight excluding hydrogens is 260 g/mol. The van der Waals surface area contributed by atoms with Gasteiger partial charge in [0.1, 0.15) is 0 Å². The lowest BCUT2D eigenvalue weighted by atomic mass is 10.0. The van der Waals surface area contributed by atoms with Gasteiger partial charge in [-0.25, -0.2) is 0 Å². The highest BCUT2D eigenvalue weighted by Gasteiger charge is 2.17. The van der Waals surface area contributed by atoms with Crippen molar-refractivity contribution in [3.8, 4) is 0 Å². The molecule has 2 aromatic heterocycles. The number of rotatable bonds is 6. The molecule has 0 saturated carbocycles. The molecule has 0 saturated heterocycles. The zero-order chi connectivity index (χ0) is 13.7. The number of aromatic nitrogens is 3. The maximum absolute atomic E-state index is 12.0. The molecule has 0 spiro atoms. The number of hydrogen-bond acceptors (Lipinski definition) is 4.